The molecule has 4 amide bonds. The van der Waals surface area contributed by atoms with Crippen LogP contribution < -0.4 is 68.5 Å². The average Bonchev–Trinajstić information content (AvgIpc) is 3.14. The van der Waals surface area contributed by atoms with E-state index < -0.39 is 16.3 Å². The number of hydrogen-bond acceptors (Lipinski definition) is 13. The molecule has 18 nitrogen and oxygen atoms in total. The second-order valence-electron chi connectivity index (χ2n) is 15.9. The van der Waals surface area contributed by atoms with Gasteiger partial charge in [0.1, 0.15) is 18.7 Å². The molecule has 8 unspecified atom stereocenters. The first kappa shape index (κ1) is 43.0. The number of aryl methyl sites for hydroxylation is 1. The van der Waals surface area contributed by atoms with E-state index in [-0.39, 0.29) is 61.6 Å². The third-order valence-corrected chi connectivity index (χ3v) is 11.4. The number of rotatable bonds is 16. The summed E-state index contributed by atoms with van der Waals surface area (Å²) in [5, 5.41) is 39.5. The summed E-state index contributed by atoms with van der Waals surface area (Å²) in [5.74, 6) is 0. The first-order valence-electron chi connectivity index (χ1n) is 20.3. The molecular weight excluding hydrogens is 749 g/mol. The van der Waals surface area contributed by atoms with Gasteiger partial charge in [0, 0.05) is 50.4 Å². The van der Waals surface area contributed by atoms with Crippen molar-refractivity contribution in [3.63, 3.8) is 0 Å². The second-order valence-corrected chi connectivity index (χ2v) is 17.8. The van der Waals surface area contributed by atoms with Gasteiger partial charge in [-0.1, -0.05) is 36.4 Å². The van der Waals surface area contributed by atoms with Crippen LogP contribution in [0.3, 0.4) is 0 Å². The minimum Gasteiger partial charge on any atom is -0.365 e. The summed E-state index contributed by atoms with van der Waals surface area (Å²) in [6.07, 6.45) is 5.10. The number of para-hydroxylation sites is 1. The van der Waals surface area contributed by atoms with Crippen molar-refractivity contribution < 1.29 is 18.0 Å². The van der Waals surface area contributed by atoms with Gasteiger partial charge in [-0.05, 0) is 94.4 Å². The van der Waals surface area contributed by atoms with Crippen LogP contribution in [0.25, 0.3) is 0 Å². The van der Waals surface area contributed by atoms with Crippen LogP contribution in [0, 0.1) is 0 Å². The van der Waals surface area contributed by atoms with Crippen molar-refractivity contribution in [2.24, 2.45) is 0 Å². The number of benzene rings is 2. The van der Waals surface area contributed by atoms with E-state index in [1.54, 1.807) is 0 Å². The Balaban J connectivity index is 0.868. The largest absolute Gasteiger partial charge is 0.365 e. The lowest BCUT2D eigenvalue weighted by Crippen LogP contribution is -2.69. The molecular formula is C38H64N14O4S. The third-order valence-electron chi connectivity index (χ3n) is 10.7. The highest BCUT2D eigenvalue weighted by Crippen LogP contribution is 2.23. The molecule has 0 aliphatic carbocycles. The Bertz CT molecular complexity index is 1750. The van der Waals surface area contributed by atoms with Gasteiger partial charge in [0.15, 0.2) is 0 Å². The number of hydrogen-bond donors (Lipinski definition) is 13. The number of nitrogens with one attached hydrogen (secondary N) is 13. The monoisotopic (exact) mass is 812 g/mol. The minimum atomic E-state index is -3.24. The Kier molecular flexibility index (Phi) is 15.4. The molecule has 0 bridgehead atoms. The molecule has 2 aromatic rings. The van der Waals surface area contributed by atoms with E-state index in [9.17, 15) is 18.0 Å². The maximum Gasteiger partial charge on any atom is 0.318 e. The van der Waals surface area contributed by atoms with Crippen molar-refractivity contribution in [3.05, 3.63) is 64.7 Å². The van der Waals surface area contributed by atoms with Gasteiger partial charge in [-0.15, -0.1) is 0 Å². The Labute approximate surface area is 337 Å². The lowest BCUT2D eigenvalue weighted by molar-refractivity contribution is 0.184. The van der Waals surface area contributed by atoms with Crippen LogP contribution in [0.2, 0.25) is 0 Å². The van der Waals surface area contributed by atoms with Crippen molar-refractivity contribution in [2.45, 2.75) is 115 Å². The van der Waals surface area contributed by atoms with Gasteiger partial charge in [0.2, 0.25) is 10.0 Å². The fourth-order valence-electron chi connectivity index (χ4n) is 7.97. The number of nitrogens with zero attached hydrogens (tertiary/aromatic N) is 1. The fraction of sp³-hybridized carbons (Fsp3) is 0.632. The van der Waals surface area contributed by atoms with E-state index in [4.69, 9.17) is 0 Å². The zero-order valence-corrected chi connectivity index (χ0v) is 34.5. The summed E-state index contributed by atoms with van der Waals surface area (Å²) < 4.78 is 25.1. The summed E-state index contributed by atoms with van der Waals surface area (Å²) in [7, 11) is -1.10. The third kappa shape index (κ3) is 14.0. The number of amides is 4. The predicted molar refractivity (Wildman–Crippen MR) is 222 cm³/mol. The fourth-order valence-corrected chi connectivity index (χ4v) is 8.45. The van der Waals surface area contributed by atoms with Gasteiger partial charge in [-0.25, -0.2) is 22.7 Å². The van der Waals surface area contributed by atoms with Gasteiger partial charge in [-0.2, -0.15) is 0 Å². The highest BCUT2D eigenvalue weighted by Gasteiger charge is 2.29. The van der Waals surface area contributed by atoms with Crippen molar-refractivity contribution in [1.29, 1.82) is 0 Å². The molecule has 4 heterocycles. The summed E-state index contributed by atoms with van der Waals surface area (Å²) in [4.78, 5) is 28.2. The normalized spacial score (nSPS) is 27.4. The quantitative estimate of drug-likeness (QED) is 0.0949. The molecule has 8 atom stereocenters. The van der Waals surface area contributed by atoms with Crippen LogP contribution in [0.15, 0.2) is 42.5 Å². The van der Waals surface area contributed by atoms with Crippen LogP contribution >= 0.6 is 0 Å². The summed E-state index contributed by atoms with van der Waals surface area (Å²) in [5.41, 5.74) is 6.04. The summed E-state index contributed by atoms with van der Waals surface area (Å²) in [6, 6.07) is 14.7. The van der Waals surface area contributed by atoms with Crippen LogP contribution in [0.4, 0.5) is 15.3 Å². The number of fused-ring (bicyclic) bond motifs is 2. The van der Waals surface area contributed by atoms with Crippen LogP contribution in [-0.4, -0.2) is 114 Å². The lowest BCUT2D eigenvalue weighted by atomic mass is 9.96. The topological polar surface area (TPSA) is 228 Å². The molecule has 4 aliphatic rings. The number of carbonyl (C=O) groups excluding carboxylic acids is 2. The van der Waals surface area contributed by atoms with E-state index in [0.717, 1.165) is 63.7 Å². The van der Waals surface area contributed by atoms with Crippen molar-refractivity contribution in [2.75, 3.05) is 44.8 Å². The Morgan fingerprint density at radius 2 is 1.44 bits per heavy atom. The highest BCUT2D eigenvalue weighted by molar-refractivity contribution is 7.88. The van der Waals surface area contributed by atoms with Crippen molar-refractivity contribution in [3.8, 4) is 0 Å². The predicted octanol–water partition coefficient (Wildman–Crippen LogP) is -0.646. The zero-order chi connectivity index (χ0) is 40.4. The van der Waals surface area contributed by atoms with Crippen molar-refractivity contribution >= 4 is 27.8 Å². The maximum atomic E-state index is 13.0. The van der Waals surface area contributed by atoms with Gasteiger partial charge in [0.05, 0.1) is 24.8 Å². The second kappa shape index (κ2) is 20.4. The smallest absolute Gasteiger partial charge is 0.318 e. The molecule has 2 fully saturated rings. The molecule has 0 aromatic heterocycles. The molecule has 2 saturated heterocycles. The van der Waals surface area contributed by atoms with E-state index in [1.165, 1.54) is 22.3 Å². The number of sulfonamides is 1. The van der Waals surface area contributed by atoms with E-state index in [1.807, 2.05) is 25.1 Å². The van der Waals surface area contributed by atoms with Crippen LogP contribution in [0.5, 0.6) is 0 Å². The Morgan fingerprint density at radius 3 is 2.14 bits per heavy atom. The molecule has 13 N–H and O–H groups in total. The van der Waals surface area contributed by atoms with E-state index in [0.29, 0.717) is 19.5 Å². The first-order valence-corrected chi connectivity index (χ1v) is 22.2. The van der Waals surface area contributed by atoms with E-state index >= 15 is 0 Å². The standard InChI is InChI=1S/C38H64N14O4S/c1-24-18-32(46-35(43-24)50-37(53)48-31-13-12-27-8-5-6-9-30(27)45-31)39-14-7-17-52(3)23-26-10-11-28-22-41-34(21-29(28)20-26)49-38(54)51-36-44-25(2)19-33(47-36)40-15-16-42-57(4,55)56/h5-6,8-11,20,24-25,31-36,39-47H,7,12-19,21-23H2,1-4H3,(H2,48,50,53)(H2,49,51,54). The Morgan fingerprint density at radius 1 is 0.772 bits per heavy atom. The lowest BCUT2D eigenvalue weighted by Gasteiger charge is -2.37. The van der Waals surface area contributed by atoms with Gasteiger partial charge < -0.3 is 42.1 Å². The van der Waals surface area contributed by atoms with E-state index in [2.05, 4.69) is 112 Å². The molecule has 4 aliphatic heterocycles. The molecule has 2 aromatic carbocycles. The molecule has 57 heavy (non-hydrogen) atoms. The number of urea groups is 2. The highest BCUT2D eigenvalue weighted by atomic mass is 32.2. The van der Waals surface area contributed by atoms with Gasteiger partial charge >= 0.3 is 12.1 Å². The summed E-state index contributed by atoms with van der Waals surface area (Å²) >= 11 is 0. The first-order chi connectivity index (χ1) is 27.3. The van der Waals surface area contributed by atoms with Crippen molar-refractivity contribution in [1.82, 2.24) is 68.1 Å². The number of carbonyl (C=O) groups is 2. The molecule has 316 valence electrons. The molecule has 0 radical (unpaired) electrons. The Hall–Kier alpha value is -3.63. The summed E-state index contributed by atoms with van der Waals surface area (Å²) in [6.45, 7) is 8.18. The SMILES string of the molecule is CC1CC(NCCNS(C)(=O)=O)NC(NC(=O)NC2Cc3cc(CN(C)CCCNC4CC(C)NC(NC(=O)NC5CCc6ccccc6N5)N4)ccc3CN2)N1. The number of anilines is 1. The average molecular weight is 813 g/mol. The van der Waals surface area contributed by atoms with Crippen LogP contribution in [0.1, 0.15) is 61.8 Å². The molecule has 6 rings (SSSR count). The van der Waals surface area contributed by atoms with Crippen LogP contribution in [-0.2, 0) is 36.0 Å². The van der Waals surface area contributed by atoms with Gasteiger partial charge in [0.25, 0.3) is 0 Å². The minimum absolute atomic E-state index is 0.0742. The molecule has 19 heteroatoms. The van der Waals surface area contributed by atoms with Gasteiger partial charge in [-0.3, -0.25) is 26.6 Å². The molecule has 0 saturated carbocycles. The molecule has 0 spiro atoms. The maximum absolute atomic E-state index is 13.0. The zero-order valence-electron chi connectivity index (χ0n) is 33.6.